The summed E-state index contributed by atoms with van der Waals surface area (Å²) in [7, 11) is 4.11. The highest BCUT2D eigenvalue weighted by molar-refractivity contribution is 5.29. The monoisotopic (exact) mass is 306 g/mol. The van der Waals surface area contributed by atoms with Gasteiger partial charge in [0.2, 0.25) is 0 Å². The molecule has 0 unspecified atom stereocenters. The molecule has 0 radical (unpaired) electrons. The molecule has 0 aliphatic heterocycles. The minimum Gasteiger partial charge on any atom is -0.296 e. The highest BCUT2D eigenvalue weighted by atomic mass is 15.3. The largest absolute Gasteiger partial charge is 0.296 e. The average Bonchev–Trinajstić information content (AvgIpc) is 2.96. The van der Waals surface area contributed by atoms with Crippen molar-refractivity contribution >= 4 is 0 Å². The summed E-state index contributed by atoms with van der Waals surface area (Å²) in [5.41, 5.74) is 3.68. The van der Waals surface area contributed by atoms with Crippen LogP contribution in [0.15, 0.2) is 54.6 Å². The van der Waals surface area contributed by atoms with E-state index in [0.717, 1.165) is 18.1 Å². The van der Waals surface area contributed by atoms with Crippen LogP contribution in [0.5, 0.6) is 0 Å². The first kappa shape index (κ1) is 15.4. The van der Waals surface area contributed by atoms with E-state index < -0.39 is 0 Å². The topological polar surface area (TPSA) is 44.8 Å². The Morgan fingerprint density at radius 2 is 1.83 bits per heavy atom. The molecular formula is C19H22N4. The molecule has 3 rings (SSSR count). The van der Waals surface area contributed by atoms with Gasteiger partial charge in [0.1, 0.15) is 5.82 Å². The lowest BCUT2D eigenvalue weighted by Crippen LogP contribution is -2.22. The van der Waals surface area contributed by atoms with Crippen LogP contribution in [0.1, 0.15) is 34.4 Å². The van der Waals surface area contributed by atoms with Crippen LogP contribution in [0.25, 0.3) is 0 Å². The summed E-state index contributed by atoms with van der Waals surface area (Å²) in [6.45, 7) is 2.11. The first-order valence-electron chi connectivity index (χ1n) is 7.81. The number of nitrogens with one attached hydrogen (secondary N) is 1. The molecule has 1 atom stereocenters. The molecule has 0 fully saturated rings. The Kier molecular flexibility index (Phi) is 4.53. The van der Waals surface area contributed by atoms with Crippen molar-refractivity contribution in [3.63, 3.8) is 0 Å². The molecule has 0 amide bonds. The third-order valence-corrected chi connectivity index (χ3v) is 3.88. The van der Waals surface area contributed by atoms with Crippen LogP contribution in [0.3, 0.4) is 0 Å². The maximum Gasteiger partial charge on any atom is 0.172 e. The maximum atomic E-state index is 4.72. The zero-order valence-corrected chi connectivity index (χ0v) is 13.8. The molecule has 0 aliphatic carbocycles. The second-order valence-electron chi connectivity index (χ2n) is 6.08. The molecule has 0 bridgehead atoms. The highest BCUT2D eigenvalue weighted by Crippen LogP contribution is 2.24. The Morgan fingerprint density at radius 1 is 1.04 bits per heavy atom. The zero-order valence-electron chi connectivity index (χ0n) is 13.8. The van der Waals surface area contributed by atoms with Gasteiger partial charge in [-0.25, -0.2) is 4.98 Å². The number of nitrogens with zero attached hydrogens (tertiary/aromatic N) is 3. The smallest absolute Gasteiger partial charge is 0.172 e. The van der Waals surface area contributed by atoms with Gasteiger partial charge in [0, 0.05) is 6.42 Å². The summed E-state index contributed by atoms with van der Waals surface area (Å²) in [6, 6.07) is 18.9. The number of rotatable bonds is 5. The lowest BCUT2D eigenvalue weighted by Gasteiger charge is -2.22. The molecule has 3 aromatic rings. The third kappa shape index (κ3) is 3.66. The molecule has 0 saturated heterocycles. The summed E-state index contributed by atoms with van der Waals surface area (Å²) >= 11 is 0. The molecule has 2 aromatic carbocycles. The molecular weight excluding hydrogens is 284 g/mol. The minimum atomic E-state index is 0.0515. The summed E-state index contributed by atoms with van der Waals surface area (Å²) in [5, 5.41) is 7.55. The van der Waals surface area contributed by atoms with Gasteiger partial charge < -0.3 is 0 Å². The van der Waals surface area contributed by atoms with Crippen LogP contribution >= 0.6 is 0 Å². The van der Waals surface area contributed by atoms with Gasteiger partial charge in [0.05, 0.1) is 6.04 Å². The van der Waals surface area contributed by atoms with Crippen molar-refractivity contribution in [1.82, 2.24) is 20.1 Å². The summed E-state index contributed by atoms with van der Waals surface area (Å²) in [6.07, 6.45) is 0.766. The van der Waals surface area contributed by atoms with Crippen molar-refractivity contribution in [3.8, 4) is 0 Å². The Hall–Kier alpha value is -2.46. The average molecular weight is 306 g/mol. The number of H-pyrrole nitrogens is 1. The first-order chi connectivity index (χ1) is 11.1. The minimum absolute atomic E-state index is 0.0515. The Balaban J connectivity index is 1.87. The fourth-order valence-electron chi connectivity index (χ4n) is 2.82. The van der Waals surface area contributed by atoms with Gasteiger partial charge in [0.25, 0.3) is 0 Å². The molecule has 0 spiro atoms. The third-order valence-electron chi connectivity index (χ3n) is 3.88. The first-order valence-corrected chi connectivity index (χ1v) is 7.81. The van der Waals surface area contributed by atoms with E-state index in [0.29, 0.717) is 0 Å². The van der Waals surface area contributed by atoms with Crippen molar-refractivity contribution in [2.75, 3.05) is 14.1 Å². The van der Waals surface area contributed by atoms with Crippen LogP contribution in [-0.2, 0) is 6.42 Å². The van der Waals surface area contributed by atoms with Crippen LogP contribution in [0, 0.1) is 6.92 Å². The van der Waals surface area contributed by atoms with Crippen molar-refractivity contribution < 1.29 is 0 Å². The Labute approximate surface area is 137 Å². The normalized spacial score (nSPS) is 12.5. The van der Waals surface area contributed by atoms with E-state index in [4.69, 9.17) is 4.98 Å². The van der Waals surface area contributed by atoms with E-state index in [9.17, 15) is 0 Å². The van der Waals surface area contributed by atoms with E-state index in [1.54, 1.807) is 0 Å². The van der Waals surface area contributed by atoms with Crippen molar-refractivity contribution in [3.05, 3.63) is 82.9 Å². The fourth-order valence-corrected chi connectivity index (χ4v) is 2.82. The SMILES string of the molecule is Cc1cccc([C@H](c2n[nH]c(Cc3ccccc3)n2)N(C)C)c1. The van der Waals surface area contributed by atoms with Gasteiger partial charge >= 0.3 is 0 Å². The highest BCUT2D eigenvalue weighted by Gasteiger charge is 2.21. The predicted molar refractivity (Wildman–Crippen MR) is 92.3 cm³/mol. The molecule has 118 valence electrons. The van der Waals surface area contributed by atoms with Crippen molar-refractivity contribution in [1.29, 1.82) is 0 Å². The van der Waals surface area contributed by atoms with E-state index in [1.807, 2.05) is 18.2 Å². The molecule has 1 aromatic heterocycles. The molecule has 0 aliphatic rings. The quantitative estimate of drug-likeness (QED) is 0.786. The van der Waals surface area contributed by atoms with Crippen LogP contribution in [0.4, 0.5) is 0 Å². The number of aromatic nitrogens is 3. The Morgan fingerprint density at radius 3 is 2.52 bits per heavy atom. The summed E-state index contributed by atoms with van der Waals surface area (Å²) in [5.74, 6) is 1.71. The number of aromatic amines is 1. The van der Waals surface area contributed by atoms with E-state index in [1.165, 1.54) is 16.7 Å². The second-order valence-corrected chi connectivity index (χ2v) is 6.08. The predicted octanol–water partition coefficient (Wildman–Crippen LogP) is 3.35. The van der Waals surface area contributed by atoms with Crippen LogP contribution < -0.4 is 0 Å². The van der Waals surface area contributed by atoms with Crippen LogP contribution in [0.2, 0.25) is 0 Å². The number of benzene rings is 2. The van der Waals surface area contributed by atoms with Crippen LogP contribution in [-0.4, -0.2) is 34.2 Å². The number of hydrogen-bond donors (Lipinski definition) is 1. The lowest BCUT2D eigenvalue weighted by molar-refractivity contribution is 0.330. The molecule has 1 N–H and O–H groups in total. The second kappa shape index (κ2) is 6.75. The van der Waals surface area contributed by atoms with Gasteiger partial charge in [-0.15, -0.1) is 0 Å². The van der Waals surface area contributed by atoms with E-state index >= 15 is 0 Å². The van der Waals surface area contributed by atoms with Gasteiger partial charge in [-0.1, -0.05) is 60.2 Å². The molecule has 4 heteroatoms. The molecule has 4 nitrogen and oxygen atoms in total. The van der Waals surface area contributed by atoms with E-state index in [2.05, 4.69) is 72.5 Å². The zero-order chi connectivity index (χ0) is 16.2. The molecule has 1 heterocycles. The standard InChI is InChI=1S/C19H22N4/c1-14-8-7-11-16(12-14)18(23(2)3)19-20-17(21-22-19)13-15-9-5-4-6-10-15/h4-12,18H,13H2,1-3H3,(H,20,21,22)/t18-/m1/s1. The maximum absolute atomic E-state index is 4.72. The molecule has 23 heavy (non-hydrogen) atoms. The van der Waals surface area contributed by atoms with Crippen molar-refractivity contribution in [2.45, 2.75) is 19.4 Å². The van der Waals surface area contributed by atoms with E-state index in [-0.39, 0.29) is 6.04 Å². The van der Waals surface area contributed by atoms with Gasteiger partial charge in [-0.2, -0.15) is 5.10 Å². The molecule has 0 saturated carbocycles. The number of aryl methyl sites for hydroxylation is 1. The van der Waals surface area contributed by atoms with Gasteiger partial charge in [-0.3, -0.25) is 10.00 Å². The number of hydrogen-bond acceptors (Lipinski definition) is 3. The Bertz CT molecular complexity index is 762. The summed E-state index contributed by atoms with van der Waals surface area (Å²) < 4.78 is 0. The van der Waals surface area contributed by atoms with Crippen molar-refractivity contribution in [2.24, 2.45) is 0 Å². The summed E-state index contributed by atoms with van der Waals surface area (Å²) in [4.78, 5) is 6.87. The van der Waals surface area contributed by atoms with Gasteiger partial charge in [0.15, 0.2) is 5.82 Å². The fraction of sp³-hybridized carbons (Fsp3) is 0.263. The van der Waals surface area contributed by atoms with Gasteiger partial charge in [-0.05, 0) is 32.1 Å². The lowest BCUT2D eigenvalue weighted by atomic mass is 10.0.